The predicted molar refractivity (Wildman–Crippen MR) is 36.5 cm³/mol. The average molecular weight is 195 g/mol. The van der Waals surface area contributed by atoms with Crippen molar-refractivity contribution >= 4 is 5.97 Å². The van der Waals surface area contributed by atoms with E-state index in [1.807, 2.05) is 0 Å². The van der Waals surface area contributed by atoms with Crippen LogP contribution in [-0.2, 0) is 9.53 Å². The first-order valence-corrected chi connectivity index (χ1v) is 3.53. The van der Waals surface area contributed by atoms with Crippen LogP contribution in [0.4, 0.5) is 0 Å². The van der Waals surface area contributed by atoms with Gasteiger partial charge in [0.05, 0.1) is 0 Å². The average Bonchev–Trinajstić information content (AvgIpc) is 2.19. The van der Waals surface area contributed by atoms with Gasteiger partial charge in [0.15, 0.2) is 12.4 Å². The molecule has 0 aromatic carbocycles. The summed E-state index contributed by atoms with van der Waals surface area (Å²) >= 11 is 0. The highest BCUT2D eigenvalue weighted by atomic mass is 16.6. The number of aliphatic hydroxyl groups excluding tert-OH is 4. The first-order valence-electron chi connectivity index (χ1n) is 3.94. The Bertz CT molecular complexity index is 222. The molecule has 0 bridgehead atoms. The highest BCUT2D eigenvalue weighted by Gasteiger charge is 2.46. The lowest BCUT2D eigenvalue weighted by molar-refractivity contribution is -0.279. The molecule has 1 fully saturated rings. The second kappa shape index (κ2) is 3.56. The fourth-order valence-corrected chi connectivity index (χ4v) is 1.06. The summed E-state index contributed by atoms with van der Waals surface area (Å²) in [4.78, 5) is 10.8. The highest BCUT2D eigenvalue weighted by molar-refractivity contribution is 5.73. The summed E-state index contributed by atoms with van der Waals surface area (Å²) < 4.78 is 10.7. The van der Waals surface area contributed by atoms with E-state index < -0.39 is 36.7 Å². The van der Waals surface area contributed by atoms with Crippen molar-refractivity contribution in [3.8, 4) is 0 Å². The molecule has 7 heteroatoms. The van der Waals surface area contributed by atoms with Gasteiger partial charge >= 0.3 is 5.97 Å². The zero-order valence-corrected chi connectivity index (χ0v) is 6.40. The third kappa shape index (κ3) is 1.79. The van der Waals surface area contributed by atoms with Crippen LogP contribution in [0, 0.1) is 0 Å². The Morgan fingerprint density at radius 2 is 1.77 bits per heavy atom. The Kier molecular flexibility index (Phi) is 2.42. The van der Waals surface area contributed by atoms with Crippen molar-refractivity contribution in [3.63, 3.8) is 0 Å². The van der Waals surface area contributed by atoms with E-state index in [1.165, 1.54) is 0 Å². The fourth-order valence-electron chi connectivity index (χ4n) is 1.06. The van der Waals surface area contributed by atoms with E-state index in [0.29, 0.717) is 0 Å². The molecular weight excluding hydrogens is 184 g/mol. The van der Waals surface area contributed by atoms with Gasteiger partial charge in [-0.25, -0.2) is 4.79 Å². The molecule has 0 amide bonds. The molecule has 1 rings (SSSR count). The number of carbonyl (C=O) groups is 1. The smallest absolute Gasteiger partial charge is 0.335 e. The number of hydrogen-bond donors (Lipinski definition) is 5. The van der Waals surface area contributed by atoms with E-state index in [0.717, 1.165) is 0 Å². The summed E-state index contributed by atoms with van der Waals surface area (Å²) in [5, 5.41) is 39.8. The molecular formula is C6H10O7. The normalized spacial score (nSPS) is 46.8. The molecule has 0 unspecified atom stereocenters. The van der Waals surface area contributed by atoms with Crippen molar-refractivity contribution in [1.82, 2.24) is 0 Å². The maximum atomic E-state index is 10.8. The van der Waals surface area contributed by atoms with Gasteiger partial charge in [-0.2, -0.15) is 0 Å². The van der Waals surface area contributed by atoms with Crippen LogP contribution in [-0.4, -0.2) is 62.2 Å². The number of rotatable bonds is 1. The Morgan fingerprint density at radius 3 is 2.31 bits per heavy atom. The van der Waals surface area contributed by atoms with E-state index in [9.17, 15) is 9.90 Å². The molecule has 7 nitrogen and oxygen atoms in total. The Labute approximate surface area is 74.3 Å². The van der Waals surface area contributed by atoms with Crippen LogP contribution >= 0.6 is 0 Å². The minimum Gasteiger partial charge on any atom is -0.479 e. The van der Waals surface area contributed by atoms with Gasteiger partial charge in [-0.3, -0.25) is 0 Å². The molecule has 1 heterocycles. The summed E-state index contributed by atoms with van der Waals surface area (Å²) in [5.74, 6) is -1.26. The van der Waals surface area contributed by atoms with Gasteiger partial charge < -0.3 is 30.3 Å². The predicted octanol–water partition coefficient (Wildman–Crippen LogP) is -3.13. The molecule has 5 atom stereocenters. The molecule has 13 heavy (non-hydrogen) atoms. The van der Waals surface area contributed by atoms with Gasteiger partial charge in [0.25, 0.3) is 1.43 Å². The number of aliphatic carboxylic acids is 1. The highest BCUT2D eigenvalue weighted by Crippen LogP contribution is 2.19. The van der Waals surface area contributed by atoms with Crippen LogP contribution in [0.3, 0.4) is 0 Å². The lowest BCUT2D eigenvalue weighted by Crippen LogP contribution is -2.59. The third-order valence-corrected chi connectivity index (χ3v) is 1.82. The molecule has 0 aromatic heterocycles. The number of carboxylic acid groups (broad SMARTS) is 1. The van der Waals surface area contributed by atoms with Crippen molar-refractivity contribution < 1.29 is 35.1 Å². The topological polar surface area (TPSA) is 127 Å². The molecule has 5 N–H and O–H groups in total. The summed E-state index contributed by atoms with van der Waals surface area (Å²) in [6, 6.07) is 0. The van der Waals surface area contributed by atoms with Crippen LogP contribution in [0.5, 0.6) is 0 Å². The second-order valence-electron chi connectivity index (χ2n) is 2.74. The summed E-state index contributed by atoms with van der Waals surface area (Å²) in [5.41, 5.74) is 0. The molecule has 0 spiro atoms. The van der Waals surface area contributed by atoms with Crippen LogP contribution in [0.1, 0.15) is 0 Å². The number of hydrogen-bond acceptors (Lipinski definition) is 7. The molecule has 1 aliphatic heterocycles. The number of carboxylic acids is 1. The van der Waals surface area contributed by atoms with Crippen molar-refractivity contribution in [2.75, 3.05) is 0 Å². The second-order valence-corrected chi connectivity index (χ2v) is 2.74. The minimum atomic E-state index is -1.81. The Hall–Kier alpha value is -0.730. The molecule has 1 saturated heterocycles. The minimum absolute atomic E-state index is 1.26. The van der Waals surface area contributed by atoms with Gasteiger partial charge in [-0.15, -0.1) is 0 Å². The summed E-state index contributed by atoms with van der Waals surface area (Å²) in [7, 11) is 0. The first kappa shape index (κ1) is 8.85. The monoisotopic (exact) mass is 195 g/mol. The molecule has 1 aliphatic rings. The first-order chi connectivity index (χ1) is 6.49. The lowest BCUT2D eigenvalue weighted by atomic mass is 9.99. The van der Waals surface area contributed by atoms with Crippen molar-refractivity contribution in [2.45, 2.75) is 30.7 Å². The molecule has 0 aromatic rings. The maximum absolute atomic E-state index is 10.8. The molecule has 0 saturated carbocycles. The Morgan fingerprint density at radius 1 is 1.15 bits per heavy atom. The van der Waals surface area contributed by atoms with Crippen molar-refractivity contribution in [2.24, 2.45) is 0 Å². The third-order valence-electron chi connectivity index (χ3n) is 1.82. The largest absolute Gasteiger partial charge is 0.479 e. The van der Waals surface area contributed by atoms with Gasteiger partial charge in [0.1, 0.15) is 18.3 Å². The van der Waals surface area contributed by atoms with E-state index >= 15 is 0 Å². The van der Waals surface area contributed by atoms with Gasteiger partial charge in [0.2, 0.25) is 0 Å². The van der Waals surface area contributed by atoms with Crippen LogP contribution in [0.25, 0.3) is 1.43 Å². The summed E-state index contributed by atoms with van der Waals surface area (Å²) in [6.45, 7) is 0. The molecule has 0 radical (unpaired) electrons. The molecule has 0 aliphatic carbocycles. The van der Waals surface area contributed by atoms with Gasteiger partial charge in [0, 0.05) is 0 Å². The zero-order valence-electron chi connectivity index (χ0n) is 7.40. The maximum Gasteiger partial charge on any atom is 0.335 e. The van der Waals surface area contributed by atoms with Crippen molar-refractivity contribution in [1.29, 1.82) is 1.43 Å². The SMILES string of the molecule is [2H]OC(=O)[C@@H]1O[C@@H](O)[C@H](O)[C@@H](O)[C@@H]1O. The van der Waals surface area contributed by atoms with E-state index in [2.05, 4.69) is 9.85 Å². The number of aliphatic hydroxyl groups is 4. The number of ether oxygens (including phenoxy) is 1. The quantitative estimate of drug-likeness (QED) is 0.299. The molecule has 76 valence electrons. The Balaban J connectivity index is 2.75. The zero-order chi connectivity index (χ0) is 10.9. The van der Waals surface area contributed by atoms with Crippen LogP contribution in [0.15, 0.2) is 0 Å². The van der Waals surface area contributed by atoms with Gasteiger partial charge in [-0.1, -0.05) is 0 Å². The summed E-state index contributed by atoms with van der Waals surface area (Å²) in [6.07, 6.45) is -8.67. The lowest BCUT2D eigenvalue weighted by Gasteiger charge is -2.36. The fraction of sp³-hybridized carbons (Fsp3) is 0.833. The van der Waals surface area contributed by atoms with Crippen LogP contribution < -0.4 is 0 Å². The van der Waals surface area contributed by atoms with E-state index in [1.54, 1.807) is 0 Å². The van der Waals surface area contributed by atoms with Crippen LogP contribution in [0.2, 0.25) is 0 Å². The van der Waals surface area contributed by atoms with E-state index in [4.69, 9.17) is 16.8 Å². The van der Waals surface area contributed by atoms with Gasteiger partial charge in [-0.05, 0) is 0 Å². The van der Waals surface area contributed by atoms with E-state index in [-0.39, 0.29) is 0 Å². The van der Waals surface area contributed by atoms with Crippen molar-refractivity contribution in [3.05, 3.63) is 0 Å². The standard InChI is InChI=1S/C6H10O7/c7-1-2(8)4(5(10)11)13-6(12)3(1)9/h1-4,6-9,12H,(H,10,11)/t1-,2-,3+,4+,6+/m0/s1/i/hD.